The zero-order chi connectivity index (χ0) is 29.1. The van der Waals surface area contributed by atoms with E-state index in [0.29, 0.717) is 42.2 Å². The summed E-state index contributed by atoms with van der Waals surface area (Å²) in [6, 6.07) is 7.83. The zero-order valence-corrected chi connectivity index (χ0v) is 22.6. The molecule has 11 nitrogen and oxygen atoms in total. The maximum absolute atomic E-state index is 12.4. The first-order valence-electron chi connectivity index (χ1n) is 13.1. The number of nitrogens with zero attached hydrogens (tertiary/aromatic N) is 7. The largest absolute Gasteiger partial charge is 0.405 e. The first-order chi connectivity index (χ1) is 19.6. The third-order valence-corrected chi connectivity index (χ3v) is 6.80. The highest BCUT2D eigenvalue weighted by molar-refractivity contribution is 5.90. The first kappa shape index (κ1) is 28.1. The van der Waals surface area contributed by atoms with E-state index in [1.165, 1.54) is 0 Å². The maximum atomic E-state index is 12.4. The van der Waals surface area contributed by atoms with E-state index in [2.05, 4.69) is 20.5 Å². The van der Waals surface area contributed by atoms with Crippen LogP contribution in [0.25, 0.3) is 28.0 Å². The molecule has 1 aliphatic heterocycles. The minimum absolute atomic E-state index is 0.141. The standard InChI is InChI=1S/C27H30F3N9O2/c1-36(2)16-25(40)37-8-6-22(7-9-37)38-15-20(13-33-38)19-11-24-31-14-23(39(24)34-12-19)18-4-3-5-21(10-18)35-26(41)32-17-27(28,29)30/h3-5,10-15,22H,6-9,16-17H2,1-2H3,(H2,32,35,41). The Morgan fingerprint density at radius 3 is 2.51 bits per heavy atom. The molecule has 0 bridgehead atoms. The number of halogens is 3. The van der Waals surface area contributed by atoms with Gasteiger partial charge in [-0.1, -0.05) is 12.1 Å². The molecule has 1 aliphatic rings. The number of aromatic nitrogens is 5. The molecule has 1 fully saturated rings. The Kier molecular flexibility index (Phi) is 7.92. The van der Waals surface area contributed by atoms with Crippen molar-refractivity contribution in [3.63, 3.8) is 0 Å². The fourth-order valence-corrected chi connectivity index (χ4v) is 4.78. The van der Waals surface area contributed by atoms with Gasteiger partial charge in [-0.15, -0.1) is 0 Å². The lowest BCUT2D eigenvalue weighted by Gasteiger charge is -2.32. The molecule has 0 radical (unpaired) electrons. The van der Waals surface area contributed by atoms with E-state index in [0.717, 1.165) is 24.0 Å². The summed E-state index contributed by atoms with van der Waals surface area (Å²) in [5.74, 6) is 0.141. The van der Waals surface area contributed by atoms with E-state index in [-0.39, 0.29) is 11.9 Å². The third kappa shape index (κ3) is 6.82. The highest BCUT2D eigenvalue weighted by Gasteiger charge is 2.28. The summed E-state index contributed by atoms with van der Waals surface area (Å²) in [6.45, 7) is 0.387. The lowest BCUT2D eigenvalue weighted by Crippen LogP contribution is -2.43. The number of benzene rings is 1. The van der Waals surface area contributed by atoms with E-state index < -0.39 is 18.8 Å². The van der Waals surface area contributed by atoms with Gasteiger partial charge in [0.15, 0.2) is 5.65 Å². The van der Waals surface area contributed by atoms with E-state index in [9.17, 15) is 22.8 Å². The van der Waals surface area contributed by atoms with Crippen LogP contribution in [-0.4, -0.2) is 92.6 Å². The van der Waals surface area contributed by atoms with Crippen LogP contribution in [-0.2, 0) is 4.79 Å². The van der Waals surface area contributed by atoms with Crippen LogP contribution < -0.4 is 10.6 Å². The van der Waals surface area contributed by atoms with Crippen LogP contribution in [0.2, 0.25) is 0 Å². The fraction of sp³-hybridized carbons (Fsp3) is 0.370. The number of hydrogen-bond donors (Lipinski definition) is 2. The molecule has 0 unspecified atom stereocenters. The fourth-order valence-electron chi connectivity index (χ4n) is 4.78. The minimum atomic E-state index is -4.50. The summed E-state index contributed by atoms with van der Waals surface area (Å²) >= 11 is 0. The Bertz CT molecular complexity index is 1540. The van der Waals surface area contributed by atoms with Gasteiger partial charge in [-0.05, 0) is 45.1 Å². The molecule has 3 amide bonds. The lowest BCUT2D eigenvalue weighted by molar-refractivity contribution is -0.133. The SMILES string of the molecule is CN(C)CC(=O)N1CCC(n2cc(-c3cnn4c(-c5cccc(NC(=O)NCC(F)(F)F)c5)cnc4c3)cn2)CC1. The molecule has 1 aromatic carbocycles. The predicted octanol–water partition coefficient (Wildman–Crippen LogP) is 3.67. The highest BCUT2D eigenvalue weighted by atomic mass is 19.4. The maximum Gasteiger partial charge on any atom is 0.405 e. The summed E-state index contributed by atoms with van der Waals surface area (Å²) in [6.07, 6.45) is 4.30. The molecule has 14 heteroatoms. The number of amides is 3. The molecular weight excluding hydrogens is 539 g/mol. The van der Waals surface area contributed by atoms with Crippen molar-refractivity contribution in [2.75, 3.05) is 45.6 Å². The molecule has 0 saturated carbocycles. The number of anilines is 1. The van der Waals surface area contributed by atoms with Crippen LogP contribution >= 0.6 is 0 Å². The number of carbonyl (C=O) groups excluding carboxylic acids is 2. The van der Waals surface area contributed by atoms with Crippen molar-refractivity contribution in [1.82, 2.24) is 39.5 Å². The van der Waals surface area contributed by atoms with E-state index >= 15 is 0 Å². The summed E-state index contributed by atoms with van der Waals surface area (Å²) in [4.78, 5) is 32.5. The smallest absolute Gasteiger partial charge is 0.341 e. The van der Waals surface area contributed by atoms with Gasteiger partial charge in [0.1, 0.15) is 6.54 Å². The summed E-state index contributed by atoms with van der Waals surface area (Å²) in [7, 11) is 3.77. The van der Waals surface area contributed by atoms with Gasteiger partial charge in [0, 0.05) is 41.7 Å². The van der Waals surface area contributed by atoms with Crippen molar-refractivity contribution in [3.05, 3.63) is 55.1 Å². The van der Waals surface area contributed by atoms with Crippen LogP contribution in [0.4, 0.5) is 23.7 Å². The van der Waals surface area contributed by atoms with Crippen LogP contribution in [0, 0.1) is 0 Å². The quantitative estimate of drug-likeness (QED) is 0.351. The van der Waals surface area contributed by atoms with Gasteiger partial charge in [0.2, 0.25) is 5.91 Å². The molecule has 41 heavy (non-hydrogen) atoms. The van der Waals surface area contributed by atoms with Crippen molar-refractivity contribution < 1.29 is 22.8 Å². The predicted molar refractivity (Wildman–Crippen MR) is 146 cm³/mol. The molecule has 1 saturated heterocycles. The number of fused-ring (bicyclic) bond motifs is 1. The number of carbonyl (C=O) groups is 2. The Labute approximate surface area is 233 Å². The van der Waals surface area contributed by atoms with E-state index in [1.54, 1.807) is 52.7 Å². The Hall–Kier alpha value is -4.46. The third-order valence-electron chi connectivity index (χ3n) is 6.80. The molecule has 4 aromatic rings. The average Bonchev–Trinajstić information content (AvgIpc) is 3.59. The van der Waals surface area contributed by atoms with E-state index in [1.807, 2.05) is 40.8 Å². The normalized spacial score (nSPS) is 14.5. The van der Waals surface area contributed by atoms with Crippen LogP contribution in [0.1, 0.15) is 18.9 Å². The monoisotopic (exact) mass is 569 g/mol. The van der Waals surface area contributed by atoms with Gasteiger partial charge in [-0.2, -0.15) is 23.4 Å². The molecule has 0 aliphatic carbocycles. The first-order valence-corrected chi connectivity index (χ1v) is 13.1. The van der Waals surface area contributed by atoms with Gasteiger partial charge in [0.25, 0.3) is 0 Å². The Morgan fingerprint density at radius 2 is 1.78 bits per heavy atom. The number of piperidine rings is 1. The number of alkyl halides is 3. The molecule has 216 valence electrons. The molecule has 0 spiro atoms. The van der Waals surface area contributed by atoms with Crippen molar-refractivity contribution in [3.8, 4) is 22.4 Å². The van der Waals surface area contributed by atoms with Gasteiger partial charge in [-0.25, -0.2) is 14.3 Å². The average molecular weight is 570 g/mol. The lowest BCUT2D eigenvalue weighted by atomic mass is 10.1. The molecule has 2 N–H and O–H groups in total. The number of hydrogen-bond acceptors (Lipinski definition) is 6. The van der Waals surface area contributed by atoms with Crippen LogP contribution in [0.3, 0.4) is 0 Å². The van der Waals surface area contributed by atoms with Gasteiger partial charge >= 0.3 is 12.2 Å². The minimum Gasteiger partial charge on any atom is -0.341 e. The van der Waals surface area contributed by atoms with Crippen molar-refractivity contribution in [1.29, 1.82) is 0 Å². The highest BCUT2D eigenvalue weighted by Crippen LogP contribution is 2.28. The molecule has 0 atom stereocenters. The molecular formula is C27H30F3N9O2. The van der Waals surface area contributed by atoms with Crippen molar-refractivity contribution >= 4 is 23.3 Å². The molecule has 4 heterocycles. The van der Waals surface area contributed by atoms with Gasteiger partial charge in [0.05, 0.1) is 36.9 Å². The summed E-state index contributed by atoms with van der Waals surface area (Å²) in [5, 5.41) is 13.3. The zero-order valence-electron chi connectivity index (χ0n) is 22.6. The van der Waals surface area contributed by atoms with Crippen molar-refractivity contribution in [2.45, 2.75) is 25.1 Å². The molecule has 3 aromatic heterocycles. The number of imidazole rings is 1. The van der Waals surface area contributed by atoms with Crippen LogP contribution in [0.15, 0.2) is 55.1 Å². The number of rotatable bonds is 7. The summed E-state index contributed by atoms with van der Waals surface area (Å²) in [5.41, 5.74) is 3.99. The number of nitrogens with one attached hydrogen (secondary N) is 2. The number of urea groups is 1. The second-order valence-corrected chi connectivity index (χ2v) is 10.2. The topological polar surface area (TPSA) is 113 Å². The summed E-state index contributed by atoms with van der Waals surface area (Å²) < 4.78 is 40.7. The number of likely N-dealkylation sites (tertiary alicyclic amines) is 1. The van der Waals surface area contributed by atoms with Gasteiger partial charge in [-0.3, -0.25) is 9.48 Å². The Morgan fingerprint density at radius 1 is 1.02 bits per heavy atom. The Balaban J connectivity index is 1.26. The van der Waals surface area contributed by atoms with Crippen LogP contribution in [0.5, 0.6) is 0 Å². The second kappa shape index (κ2) is 11.6. The van der Waals surface area contributed by atoms with Gasteiger partial charge < -0.3 is 20.4 Å². The number of likely N-dealkylation sites (N-methyl/N-ethyl adjacent to an activating group) is 1. The van der Waals surface area contributed by atoms with Crippen molar-refractivity contribution in [2.24, 2.45) is 0 Å². The second-order valence-electron chi connectivity index (χ2n) is 10.2. The van der Waals surface area contributed by atoms with E-state index in [4.69, 9.17) is 0 Å². The molecule has 5 rings (SSSR count).